The monoisotopic (exact) mass is 432 g/mol. The molecule has 2 N–H and O–H groups in total. The number of hydrogen-bond donors (Lipinski definition) is 1. The number of methoxy groups -OCH3 is 1. The third-order valence-electron chi connectivity index (χ3n) is 5.31. The van der Waals surface area contributed by atoms with Gasteiger partial charge in [-0.15, -0.1) is 0 Å². The van der Waals surface area contributed by atoms with Crippen molar-refractivity contribution in [2.24, 2.45) is 13.0 Å². The van der Waals surface area contributed by atoms with Gasteiger partial charge in [0.05, 0.1) is 35.6 Å². The molecule has 0 radical (unpaired) electrons. The first kappa shape index (κ1) is 18.0. The van der Waals surface area contributed by atoms with E-state index in [9.17, 15) is 4.79 Å². The minimum absolute atomic E-state index is 0.0213. The first-order chi connectivity index (χ1) is 13.0. The fourth-order valence-corrected chi connectivity index (χ4v) is 4.40. The molecule has 1 aliphatic carbocycles. The number of carbonyl (C=O) groups is 1. The molecule has 0 atom stereocenters. The predicted molar refractivity (Wildman–Crippen MR) is 104 cm³/mol. The van der Waals surface area contributed by atoms with Crippen LogP contribution < -0.4 is 5.73 Å². The van der Waals surface area contributed by atoms with Gasteiger partial charge in [0.15, 0.2) is 5.65 Å². The number of nitrogens with zero attached hydrogens (tertiary/aromatic N) is 5. The van der Waals surface area contributed by atoms with E-state index in [2.05, 4.69) is 26.1 Å². The quantitative estimate of drug-likeness (QED) is 0.638. The van der Waals surface area contributed by atoms with Crippen molar-refractivity contribution in [1.29, 1.82) is 0 Å². The van der Waals surface area contributed by atoms with Crippen LogP contribution in [0.4, 0.5) is 5.82 Å². The Labute approximate surface area is 164 Å². The van der Waals surface area contributed by atoms with Gasteiger partial charge < -0.3 is 10.5 Å². The number of carbonyl (C=O) groups excluding carboxylic acids is 1. The van der Waals surface area contributed by atoms with Crippen LogP contribution in [0.3, 0.4) is 0 Å². The van der Waals surface area contributed by atoms with E-state index in [1.165, 1.54) is 7.11 Å². The fourth-order valence-electron chi connectivity index (χ4n) is 3.82. The molecule has 0 amide bonds. The van der Waals surface area contributed by atoms with Crippen LogP contribution in [-0.2, 0) is 16.6 Å². The maximum Gasteiger partial charge on any atom is 0.308 e. The lowest BCUT2D eigenvalue weighted by Crippen LogP contribution is -2.23. The second-order valence-corrected chi connectivity index (χ2v) is 7.76. The van der Waals surface area contributed by atoms with Crippen LogP contribution in [0.1, 0.15) is 37.3 Å². The van der Waals surface area contributed by atoms with E-state index in [4.69, 9.17) is 15.5 Å². The molecule has 0 aliphatic heterocycles. The minimum atomic E-state index is -0.120. The van der Waals surface area contributed by atoms with Gasteiger partial charge in [0.2, 0.25) is 0 Å². The van der Waals surface area contributed by atoms with Crippen molar-refractivity contribution in [3.63, 3.8) is 0 Å². The zero-order valence-electron chi connectivity index (χ0n) is 15.2. The third-order valence-corrected chi connectivity index (χ3v) is 6.12. The van der Waals surface area contributed by atoms with E-state index in [-0.39, 0.29) is 17.8 Å². The Morgan fingerprint density at radius 3 is 2.63 bits per heavy atom. The molecule has 0 bridgehead atoms. The summed E-state index contributed by atoms with van der Waals surface area (Å²) in [4.78, 5) is 16.7. The summed E-state index contributed by atoms with van der Waals surface area (Å²) in [5.74, 6) is 0.626. The molecule has 0 saturated heterocycles. The van der Waals surface area contributed by atoms with Crippen LogP contribution in [0.5, 0.6) is 0 Å². The average Bonchev–Trinajstić information content (AvgIpc) is 3.30. The summed E-state index contributed by atoms with van der Waals surface area (Å²) in [6, 6.07) is 0. The molecule has 0 unspecified atom stereocenters. The summed E-state index contributed by atoms with van der Waals surface area (Å²) >= 11 is 3.61. The molecule has 1 aliphatic rings. The summed E-state index contributed by atoms with van der Waals surface area (Å²) in [6.07, 6.45) is 8.82. The number of hydrogen-bond acceptors (Lipinski definition) is 6. The van der Waals surface area contributed by atoms with Crippen molar-refractivity contribution in [1.82, 2.24) is 24.4 Å². The standard InChI is InChI=1S/C18H21BrN6O2/c1-24-9-12(7-21-24)13-8-22-25-16(20)14(19)15(23-17(13)25)10-3-5-11(6-4-10)18(26)27-2/h7-11H,3-6,20H2,1-2H3. The number of halogens is 1. The smallest absolute Gasteiger partial charge is 0.308 e. The molecule has 3 aromatic heterocycles. The lowest BCUT2D eigenvalue weighted by Gasteiger charge is -2.27. The molecule has 3 heterocycles. The second-order valence-electron chi connectivity index (χ2n) is 6.96. The Balaban J connectivity index is 1.71. The van der Waals surface area contributed by atoms with Crippen LogP contribution in [0, 0.1) is 5.92 Å². The molecule has 8 nitrogen and oxygen atoms in total. The molecular weight excluding hydrogens is 412 g/mol. The summed E-state index contributed by atoms with van der Waals surface area (Å²) in [5.41, 5.74) is 9.82. The summed E-state index contributed by atoms with van der Waals surface area (Å²) in [5, 5.41) is 8.63. The number of ether oxygens (including phenoxy) is 1. The van der Waals surface area contributed by atoms with Gasteiger partial charge in [-0.1, -0.05) is 0 Å². The van der Waals surface area contributed by atoms with Crippen molar-refractivity contribution >= 4 is 33.4 Å². The number of anilines is 1. The highest BCUT2D eigenvalue weighted by Crippen LogP contribution is 2.40. The minimum Gasteiger partial charge on any atom is -0.469 e. The number of nitrogens with two attached hydrogens (primary N) is 1. The Morgan fingerprint density at radius 2 is 2.00 bits per heavy atom. The number of rotatable bonds is 3. The normalized spacial score (nSPS) is 20.1. The Morgan fingerprint density at radius 1 is 1.26 bits per heavy atom. The maximum atomic E-state index is 11.8. The summed E-state index contributed by atoms with van der Waals surface area (Å²) in [7, 11) is 3.32. The van der Waals surface area contributed by atoms with E-state index in [0.29, 0.717) is 11.5 Å². The zero-order chi connectivity index (χ0) is 19.1. The number of nitrogen functional groups attached to an aromatic ring is 1. The Hall–Kier alpha value is -2.42. The van der Waals surface area contributed by atoms with Gasteiger partial charge in [-0.2, -0.15) is 14.7 Å². The second kappa shape index (κ2) is 6.95. The van der Waals surface area contributed by atoms with Gasteiger partial charge in [0.1, 0.15) is 5.82 Å². The highest BCUT2D eigenvalue weighted by atomic mass is 79.9. The Bertz CT molecular complexity index is 1000. The van der Waals surface area contributed by atoms with E-state index in [0.717, 1.165) is 47.0 Å². The van der Waals surface area contributed by atoms with Gasteiger partial charge in [-0.05, 0) is 41.6 Å². The number of esters is 1. The topological polar surface area (TPSA) is 100 Å². The van der Waals surface area contributed by atoms with Crippen molar-refractivity contribution < 1.29 is 9.53 Å². The van der Waals surface area contributed by atoms with Crippen molar-refractivity contribution in [3.8, 4) is 11.1 Å². The highest BCUT2D eigenvalue weighted by molar-refractivity contribution is 9.10. The van der Waals surface area contributed by atoms with E-state index < -0.39 is 0 Å². The van der Waals surface area contributed by atoms with Crippen LogP contribution in [0.15, 0.2) is 23.1 Å². The number of fused-ring (bicyclic) bond motifs is 1. The van der Waals surface area contributed by atoms with E-state index in [1.54, 1.807) is 21.6 Å². The highest BCUT2D eigenvalue weighted by Gasteiger charge is 2.30. The van der Waals surface area contributed by atoms with Crippen LogP contribution in [0.25, 0.3) is 16.8 Å². The van der Waals surface area contributed by atoms with Crippen molar-refractivity contribution in [2.75, 3.05) is 12.8 Å². The van der Waals surface area contributed by atoms with Gasteiger partial charge in [-0.3, -0.25) is 9.48 Å². The van der Waals surface area contributed by atoms with Crippen molar-refractivity contribution in [3.05, 3.63) is 28.8 Å². The van der Waals surface area contributed by atoms with Gasteiger partial charge in [0, 0.05) is 30.3 Å². The first-order valence-electron chi connectivity index (χ1n) is 8.89. The molecule has 9 heteroatoms. The SMILES string of the molecule is COC(=O)C1CCC(c2nc3c(-c4cnn(C)c4)cnn3c(N)c2Br)CC1. The third kappa shape index (κ3) is 3.09. The number of aryl methyl sites for hydroxylation is 1. The molecule has 1 saturated carbocycles. The molecular formula is C18H21BrN6O2. The molecule has 1 fully saturated rings. The van der Waals surface area contributed by atoms with Crippen LogP contribution in [0.2, 0.25) is 0 Å². The maximum absolute atomic E-state index is 11.8. The van der Waals surface area contributed by atoms with Crippen molar-refractivity contribution in [2.45, 2.75) is 31.6 Å². The molecule has 0 spiro atoms. The fraction of sp³-hybridized carbons (Fsp3) is 0.444. The lowest BCUT2D eigenvalue weighted by molar-refractivity contribution is -0.146. The van der Waals surface area contributed by atoms with Gasteiger partial charge in [0.25, 0.3) is 0 Å². The summed E-state index contributed by atoms with van der Waals surface area (Å²) < 4.78 is 9.05. The number of aromatic nitrogens is 5. The average molecular weight is 433 g/mol. The predicted octanol–water partition coefficient (Wildman–Crippen LogP) is 2.92. The van der Waals surface area contributed by atoms with E-state index >= 15 is 0 Å². The van der Waals surface area contributed by atoms with Crippen LogP contribution >= 0.6 is 15.9 Å². The molecule has 4 rings (SSSR count). The van der Waals surface area contributed by atoms with Crippen LogP contribution in [-0.4, -0.2) is 37.5 Å². The zero-order valence-corrected chi connectivity index (χ0v) is 16.8. The van der Waals surface area contributed by atoms with E-state index in [1.807, 2.05) is 13.2 Å². The molecule has 0 aromatic carbocycles. The summed E-state index contributed by atoms with van der Waals surface area (Å²) in [6.45, 7) is 0. The lowest BCUT2D eigenvalue weighted by atomic mass is 9.80. The molecule has 142 valence electrons. The molecule has 27 heavy (non-hydrogen) atoms. The van der Waals surface area contributed by atoms with Gasteiger partial charge in [-0.25, -0.2) is 4.98 Å². The Kier molecular flexibility index (Phi) is 4.63. The molecule has 3 aromatic rings. The largest absolute Gasteiger partial charge is 0.469 e. The first-order valence-corrected chi connectivity index (χ1v) is 9.68. The van der Waals surface area contributed by atoms with Gasteiger partial charge >= 0.3 is 5.97 Å².